The van der Waals surface area contributed by atoms with Gasteiger partial charge in [0.15, 0.2) is 11.6 Å². The number of piperidine rings is 1. The maximum atomic E-state index is 13.7. The van der Waals surface area contributed by atoms with Crippen LogP contribution in [-0.4, -0.2) is 54.2 Å². The number of carbonyl (C=O) groups excluding carboxylic acids is 2. The van der Waals surface area contributed by atoms with E-state index in [0.717, 1.165) is 55.1 Å². The number of halogens is 3. The van der Waals surface area contributed by atoms with Crippen molar-refractivity contribution in [1.29, 1.82) is 5.26 Å². The van der Waals surface area contributed by atoms with Crippen molar-refractivity contribution < 1.29 is 27.5 Å². The van der Waals surface area contributed by atoms with Gasteiger partial charge in [-0.2, -0.15) is 5.26 Å². The van der Waals surface area contributed by atoms with Crippen LogP contribution in [0.25, 0.3) is 0 Å². The van der Waals surface area contributed by atoms with Crippen molar-refractivity contribution in [1.82, 2.24) is 15.1 Å². The van der Waals surface area contributed by atoms with Crippen LogP contribution in [0.4, 0.5) is 22.8 Å². The second-order valence-corrected chi connectivity index (χ2v) is 9.12. The Morgan fingerprint density at radius 3 is 2.58 bits per heavy atom. The van der Waals surface area contributed by atoms with Gasteiger partial charge in [-0.05, 0) is 87.1 Å². The number of carbonyl (C=O) groups is 2. The van der Waals surface area contributed by atoms with E-state index in [9.17, 15) is 28.0 Å². The Kier molecular flexibility index (Phi) is 7.79. The third-order valence-corrected chi connectivity index (χ3v) is 6.80. The second-order valence-electron chi connectivity index (χ2n) is 9.12. The summed E-state index contributed by atoms with van der Waals surface area (Å²) < 4.78 is 45.7. The lowest BCUT2D eigenvalue weighted by molar-refractivity contribution is 0.138. The SMILES string of the molecule is C[C@@H]1OC(=O)N(C(=O)NCCCN2CCC(c3ccc(F)cc3C#N)CC2)[C@H]1c1ccc(F)c(F)c1. The van der Waals surface area contributed by atoms with Gasteiger partial charge < -0.3 is 15.0 Å². The molecule has 0 unspecified atom stereocenters. The molecule has 2 aromatic rings. The van der Waals surface area contributed by atoms with E-state index < -0.39 is 41.7 Å². The fourth-order valence-corrected chi connectivity index (χ4v) is 4.96. The maximum absolute atomic E-state index is 13.7. The van der Waals surface area contributed by atoms with Crippen LogP contribution in [0.3, 0.4) is 0 Å². The van der Waals surface area contributed by atoms with Crippen molar-refractivity contribution in [2.75, 3.05) is 26.2 Å². The first-order valence-corrected chi connectivity index (χ1v) is 11.9. The molecule has 2 saturated heterocycles. The molecule has 2 heterocycles. The Hall–Kier alpha value is -3.58. The molecule has 190 valence electrons. The molecule has 4 rings (SSSR count). The van der Waals surface area contributed by atoms with E-state index in [2.05, 4.69) is 16.3 Å². The number of urea groups is 1. The van der Waals surface area contributed by atoms with Crippen LogP contribution in [0, 0.1) is 28.8 Å². The summed E-state index contributed by atoms with van der Waals surface area (Å²) in [5.74, 6) is -2.29. The van der Waals surface area contributed by atoms with Crippen LogP contribution in [0.1, 0.15) is 54.8 Å². The number of nitriles is 1. The quantitative estimate of drug-likeness (QED) is 0.574. The molecule has 0 aliphatic carbocycles. The molecule has 2 aliphatic heterocycles. The molecule has 0 spiro atoms. The van der Waals surface area contributed by atoms with Crippen molar-refractivity contribution in [2.24, 2.45) is 0 Å². The number of benzene rings is 2. The molecule has 3 amide bonds. The third-order valence-electron chi connectivity index (χ3n) is 6.80. The second kappa shape index (κ2) is 11.0. The van der Waals surface area contributed by atoms with E-state index in [1.165, 1.54) is 18.2 Å². The molecule has 10 heteroatoms. The first kappa shape index (κ1) is 25.5. The summed E-state index contributed by atoms with van der Waals surface area (Å²) in [6.45, 7) is 4.27. The molecule has 2 atom stereocenters. The van der Waals surface area contributed by atoms with Gasteiger partial charge in [0.1, 0.15) is 18.0 Å². The largest absolute Gasteiger partial charge is 0.443 e. The standard InChI is InChI=1S/C26H27F3N4O3/c1-16-24(18-3-6-22(28)23(29)14-18)33(26(35)36-16)25(34)31-9-2-10-32-11-7-17(8-12-32)21-5-4-20(27)13-19(21)15-30/h3-6,13-14,16-17,24H,2,7-12H2,1H3,(H,31,34)/t16-,24+/m0/s1. The number of rotatable bonds is 6. The predicted molar refractivity (Wildman–Crippen MR) is 124 cm³/mol. The van der Waals surface area contributed by atoms with E-state index >= 15 is 0 Å². The van der Waals surface area contributed by atoms with Gasteiger partial charge in [-0.25, -0.2) is 27.7 Å². The van der Waals surface area contributed by atoms with Crippen LogP contribution < -0.4 is 5.32 Å². The number of hydrogen-bond donors (Lipinski definition) is 1. The summed E-state index contributed by atoms with van der Waals surface area (Å²) in [5.41, 5.74) is 1.53. The molecule has 2 aliphatic rings. The van der Waals surface area contributed by atoms with Crippen molar-refractivity contribution in [3.8, 4) is 6.07 Å². The zero-order chi connectivity index (χ0) is 25.8. The Labute approximate surface area is 207 Å². The summed E-state index contributed by atoms with van der Waals surface area (Å²) in [7, 11) is 0. The van der Waals surface area contributed by atoms with E-state index in [1.807, 2.05) is 0 Å². The van der Waals surface area contributed by atoms with Crippen molar-refractivity contribution >= 4 is 12.1 Å². The molecule has 0 radical (unpaired) electrons. The van der Waals surface area contributed by atoms with E-state index in [1.54, 1.807) is 13.0 Å². The minimum absolute atomic E-state index is 0.201. The normalized spacial score (nSPS) is 20.8. The molecule has 2 fully saturated rings. The average molecular weight is 501 g/mol. The molecule has 0 bridgehead atoms. The molecule has 36 heavy (non-hydrogen) atoms. The molecular formula is C26H27F3N4O3. The Morgan fingerprint density at radius 2 is 1.89 bits per heavy atom. The lowest BCUT2D eigenvalue weighted by Gasteiger charge is -2.32. The Morgan fingerprint density at radius 1 is 1.14 bits per heavy atom. The molecule has 0 aromatic heterocycles. The number of nitrogens with one attached hydrogen (secondary N) is 1. The number of cyclic esters (lactones) is 1. The summed E-state index contributed by atoms with van der Waals surface area (Å²) in [6.07, 6.45) is 0.789. The molecule has 1 N–H and O–H groups in total. The van der Waals surface area contributed by atoms with Crippen LogP contribution in [0.15, 0.2) is 36.4 Å². The summed E-state index contributed by atoms with van der Waals surface area (Å²) in [5, 5.41) is 12.0. The zero-order valence-electron chi connectivity index (χ0n) is 19.8. The summed E-state index contributed by atoms with van der Waals surface area (Å²) in [6, 6.07) is 8.17. The molecule has 0 saturated carbocycles. The fraction of sp³-hybridized carbons (Fsp3) is 0.423. The number of nitrogens with zero attached hydrogens (tertiary/aromatic N) is 3. The highest BCUT2D eigenvalue weighted by atomic mass is 19.2. The smallest absolute Gasteiger partial charge is 0.419 e. The molecular weight excluding hydrogens is 473 g/mol. The van der Waals surface area contributed by atoms with E-state index in [-0.39, 0.29) is 11.5 Å². The van der Waals surface area contributed by atoms with Crippen LogP contribution in [0.2, 0.25) is 0 Å². The number of amides is 3. The Bertz CT molecular complexity index is 1180. The minimum atomic E-state index is -1.06. The first-order chi connectivity index (χ1) is 17.3. The first-order valence-electron chi connectivity index (χ1n) is 11.9. The zero-order valence-corrected chi connectivity index (χ0v) is 19.8. The summed E-state index contributed by atoms with van der Waals surface area (Å²) >= 11 is 0. The number of hydrogen-bond acceptors (Lipinski definition) is 5. The molecule has 2 aromatic carbocycles. The monoisotopic (exact) mass is 500 g/mol. The van der Waals surface area contributed by atoms with Gasteiger partial charge in [0.2, 0.25) is 0 Å². The van der Waals surface area contributed by atoms with Crippen LogP contribution in [-0.2, 0) is 4.74 Å². The van der Waals surface area contributed by atoms with Crippen LogP contribution in [0.5, 0.6) is 0 Å². The van der Waals surface area contributed by atoms with Crippen LogP contribution >= 0.6 is 0 Å². The number of ether oxygens (including phenoxy) is 1. The number of imide groups is 1. The topological polar surface area (TPSA) is 85.7 Å². The van der Waals surface area contributed by atoms with E-state index in [0.29, 0.717) is 18.5 Å². The van der Waals surface area contributed by atoms with Crippen molar-refractivity contribution in [3.63, 3.8) is 0 Å². The van der Waals surface area contributed by atoms with Crippen molar-refractivity contribution in [3.05, 3.63) is 70.5 Å². The van der Waals surface area contributed by atoms with Gasteiger partial charge in [-0.15, -0.1) is 0 Å². The maximum Gasteiger partial charge on any atom is 0.419 e. The predicted octanol–water partition coefficient (Wildman–Crippen LogP) is 4.84. The van der Waals surface area contributed by atoms with Crippen molar-refractivity contribution in [2.45, 2.75) is 44.2 Å². The summed E-state index contributed by atoms with van der Waals surface area (Å²) in [4.78, 5) is 28.2. The van der Waals surface area contributed by atoms with Gasteiger partial charge in [-0.3, -0.25) is 0 Å². The van der Waals surface area contributed by atoms with E-state index in [4.69, 9.17) is 4.74 Å². The highest BCUT2D eigenvalue weighted by Crippen LogP contribution is 2.34. The minimum Gasteiger partial charge on any atom is -0.443 e. The van der Waals surface area contributed by atoms with Gasteiger partial charge in [-0.1, -0.05) is 12.1 Å². The fourth-order valence-electron chi connectivity index (χ4n) is 4.96. The lowest BCUT2D eigenvalue weighted by Crippen LogP contribution is -2.43. The van der Waals surface area contributed by atoms with Gasteiger partial charge in [0.25, 0.3) is 0 Å². The third kappa shape index (κ3) is 5.46. The lowest BCUT2D eigenvalue weighted by atomic mass is 9.86. The highest BCUT2D eigenvalue weighted by molar-refractivity contribution is 5.93. The average Bonchev–Trinajstić information content (AvgIpc) is 3.17. The van der Waals surface area contributed by atoms with Gasteiger partial charge >= 0.3 is 12.1 Å². The van der Waals surface area contributed by atoms with Gasteiger partial charge in [0, 0.05) is 6.54 Å². The highest BCUT2D eigenvalue weighted by Gasteiger charge is 2.44. The molecule has 7 nitrogen and oxygen atoms in total. The van der Waals surface area contributed by atoms with Gasteiger partial charge in [0.05, 0.1) is 11.6 Å². The Balaban J connectivity index is 1.26. The number of likely N-dealkylation sites (tertiary alicyclic amines) is 1.